The summed E-state index contributed by atoms with van der Waals surface area (Å²) in [7, 11) is 0. The van der Waals surface area contributed by atoms with Gasteiger partial charge in [-0.05, 0) is 12.1 Å². The fourth-order valence-corrected chi connectivity index (χ4v) is 3.50. The zero-order chi connectivity index (χ0) is 18.6. The molecule has 2 heterocycles. The van der Waals surface area contributed by atoms with Crippen molar-refractivity contribution in [2.45, 2.75) is 12.5 Å². The van der Waals surface area contributed by atoms with Gasteiger partial charge in [-0.15, -0.1) is 0 Å². The Morgan fingerprint density at radius 3 is 2.15 bits per heavy atom. The van der Waals surface area contributed by atoms with Crippen LogP contribution < -0.4 is 10.2 Å². The van der Waals surface area contributed by atoms with Crippen LogP contribution in [0.1, 0.15) is 16.8 Å². The van der Waals surface area contributed by atoms with Crippen LogP contribution in [-0.4, -0.2) is 54.8 Å². The van der Waals surface area contributed by atoms with Gasteiger partial charge in [-0.1, -0.05) is 48.5 Å². The van der Waals surface area contributed by atoms with Crippen molar-refractivity contribution in [1.82, 2.24) is 10.2 Å². The Labute approximate surface area is 158 Å². The molecule has 0 bridgehead atoms. The van der Waals surface area contributed by atoms with Gasteiger partial charge in [0.05, 0.1) is 6.42 Å². The van der Waals surface area contributed by atoms with E-state index in [0.29, 0.717) is 11.5 Å². The first-order chi connectivity index (χ1) is 13.2. The second kappa shape index (κ2) is 7.61. The van der Waals surface area contributed by atoms with Gasteiger partial charge in [0, 0.05) is 37.4 Å². The van der Waals surface area contributed by atoms with Gasteiger partial charge in [0.1, 0.15) is 6.04 Å². The molecular weight excluding hydrogens is 340 g/mol. The predicted octanol–water partition coefficient (Wildman–Crippen LogP) is 1.94. The quantitative estimate of drug-likeness (QED) is 0.848. The van der Waals surface area contributed by atoms with Gasteiger partial charge in [-0.3, -0.25) is 14.9 Å². The number of carbonyl (C=O) groups is 2. The summed E-state index contributed by atoms with van der Waals surface area (Å²) in [6.45, 7) is 3.19. The van der Waals surface area contributed by atoms with E-state index in [1.165, 1.54) is 5.69 Å². The first kappa shape index (κ1) is 17.3. The summed E-state index contributed by atoms with van der Waals surface area (Å²) >= 11 is 0. The SMILES string of the molecule is O=C1C[C@H](C(=O)c2ccccc2)N=C(N2CCN(c3ccccc3)CC2)N1. The van der Waals surface area contributed by atoms with Gasteiger partial charge in [0.2, 0.25) is 11.9 Å². The summed E-state index contributed by atoms with van der Waals surface area (Å²) in [6, 6.07) is 18.7. The number of aliphatic imine (C=N–C) groups is 1. The van der Waals surface area contributed by atoms with E-state index in [9.17, 15) is 9.59 Å². The van der Waals surface area contributed by atoms with Crippen LogP contribution in [0.2, 0.25) is 0 Å². The third kappa shape index (κ3) is 3.84. The number of benzene rings is 2. The molecule has 1 fully saturated rings. The third-order valence-corrected chi connectivity index (χ3v) is 4.97. The zero-order valence-corrected chi connectivity index (χ0v) is 15.0. The maximum Gasteiger partial charge on any atom is 0.229 e. The monoisotopic (exact) mass is 362 g/mol. The van der Waals surface area contributed by atoms with E-state index in [0.717, 1.165) is 26.2 Å². The molecule has 0 unspecified atom stereocenters. The van der Waals surface area contributed by atoms with Crippen LogP contribution in [0.3, 0.4) is 0 Å². The number of carbonyl (C=O) groups excluding carboxylic acids is 2. The molecule has 4 rings (SSSR count). The van der Waals surface area contributed by atoms with Crippen LogP contribution in [0, 0.1) is 0 Å². The Morgan fingerprint density at radius 1 is 0.889 bits per heavy atom. The zero-order valence-electron chi connectivity index (χ0n) is 15.0. The molecular formula is C21H22N4O2. The number of guanidine groups is 1. The minimum absolute atomic E-state index is 0.0984. The Kier molecular flexibility index (Phi) is 4.87. The molecule has 2 aliphatic heterocycles. The van der Waals surface area contributed by atoms with Crippen LogP contribution in [-0.2, 0) is 4.79 Å². The van der Waals surface area contributed by atoms with Gasteiger partial charge in [0.15, 0.2) is 5.78 Å². The molecule has 6 heteroatoms. The molecule has 2 aliphatic rings. The Bertz CT molecular complexity index is 843. The highest BCUT2D eigenvalue weighted by molar-refractivity contribution is 6.08. The highest BCUT2D eigenvalue weighted by Crippen LogP contribution is 2.17. The van der Waals surface area contributed by atoms with Gasteiger partial charge < -0.3 is 9.80 Å². The number of rotatable bonds is 3. The highest BCUT2D eigenvalue weighted by atomic mass is 16.2. The minimum atomic E-state index is -0.650. The van der Waals surface area contributed by atoms with E-state index >= 15 is 0 Å². The fourth-order valence-electron chi connectivity index (χ4n) is 3.50. The minimum Gasteiger partial charge on any atom is -0.368 e. The number of anilines is 1. The Balaban J connectivity index is 1.46. The summed E-state index contributed by atoms with van der Waals surface area (Å²) in [4.78, 5) is 33.8. The summed E-state index contributed by atoms with van der Waals surface area (Å²) in [5.41, 5.74) is 1.79. The molecule has 6 nitrogen and oxygen atoms in total. The number of ketones is 1. The van der Waals surface area contributed by atoms with Gasteiger partial charge in [0.25, 0.3) is 0 Å². The molecule has 1 atom stereocenters. The number of piperazine rings is 1. The van der Waals surface area contributed by atoms with E-state index < -0.39 is 6.04 Å². The molecule has 1 N–H and O–H groups in total. The van der Waals surface area contributed by atoms with Crippen molar-refractivity contribution in [3.05, 3.63) is 66.2 Å². The number of hydrogen-bond acceptors (Lipinski definition) is 5. The maximum atomic E-state index is 12.7. The smallest absolute Gasteiger partial charge is 0.229 e. The Morgan fingerprint density at radius 2 is 1.48 bits per heavy atom. The van der Waals surface area contributed by atoms with Crippen LogP contribution in [0.4, 0.5) is 5.69 Å². The number of nitrogens with zero attached hydrogens (tertiary/aromatic N) is 3. The molecule has 2 aromatic rings. The van der Waals surface area contributed by atoms with Crippen molar-refractivity contribution >= 4 is 23.3 Å². The van der Waals surface area contributed by atoms with Crippen LogP contribution >= 0.6 is 0 Å². The average molecular weight is 362 g/mol. The molecule has 2 aromatic carbocycles. The van der Waals surface area contributed by atoms with Crippen molar-refractivity contribution in [2.24, 2.45) is 4.99 Å². The first-order valence-electron chi connectivity index (χ1n) is 9.22. The van der Waals surface area contributed by atoms with Crippen molar-refractivity contribution in [2.75, 3.05) is 31.1 Å². The van der Waals surface area contributed by atoms with Crippen LogP contribution in [0.5, 0.6) is 0 Å². The second-order valence-electron chi connectivity index (χ2n) is 6.76. The van der Waals surface area contributed by atoms with E-state index in [4.69, 9.17) is 0 Å². The molecule has 1 amide bonds. The number of amides is 1. The number of para-hydroxylation sites is 1. The molecule has 138 valence electrons. The third-order valence-electron chi connectivity index (χ3n) is 4.97. The van der Waals surface area contributed by atoms with Crippen molar-refractivity contribution in [1.29, 1.82) is 0 Å². The summed E-state index contributed by atoms with van der Waals surface area (Å²) < 4.78 is 0. The summed E-state index contributed by atoms with van der Waals surface area (Å²) in [5, 5.41) is 2.84. The molecule has 0 spiro atoms. The van der Waals surface area contributed by atoms with E-state index in [2.05, 4.69) is 32.2 Å². The molecule has 0 saturated carbocycles. The number of Topliss-reactive ketones (excluding diaryl/α,β-unsaturated/α-hetero) is 1. The van der Waals surface area contributed by atoms with E-state index in [-0.39, 0.29) is 18.1 Å². The lowest BCUT2D eigenvalue weighted by molar-refractivity contribution is -0.120. The maximum absolute atomic E-state index is 12.7. The number of nitrogens with one attached hydrogen (secondary N) is 1. The molecule has 1 saturated heterocycles. The van der Waals surface area contributed by atoms with Gasteiger partial charge in [-0.2, -0.15) is 0 Å². The molecule has 0 aliphatic carbocycles. The lowest BCUT2D eigenvalue weighted by Crippen LogP contribution is -2.56. The second-order valence-corrected chi connectivity index (χ2v) is 6.76. The topological polar surface area (TPSA) is 65.0 Å². The van der Waals surface area contributed by atoms with Crippen molar-refractivity contribution < 1.29 is 9.59 Å². The molecule has 0 aromatic heterocycles. The average Bonchev–Trinajstić information content (AvgIpc) is 2.74. The molecule has 27 heavy (non-hydrogen) atoms. The fraction of sp³-hybridized carbons (Fsp3) is 0.286. The summed E-state index contributed by atoms with van der Waals surface area (Å²) in [5.74, 6) is 0.263. The first-order valence-corrected chi connectivity index (χ1v) is 9.22. The Hall–Kier alpha value is -3.15. The summed E-state index contributed by atoms with van der Waals surface area (Å²) in [6.07, 6.45) is 0.0984. The van der Waals surface area contributed by atoms with Gasteiger partial charge >= 0.3 is 0 Å². The lowest BCUT2D eigenvalue weighted by atomic mass is 10.0. The van der Waals surface area contributed by atoms with Crippen molar-refractivity contribution in [3.8, 4) is 0 Å². The van der Waals surface area contributed by atoms with Crippen LogP contribution in [0.15, 0.2) is 65.7 Å². The highest BCUT2D eigenvalue weighted by Gasteiger charge is 2.31. The normalized spacial score (nSPS) is 20.1. The molecule has 0 radical (unpaired) electrons. The van der Waals surface area contributed by atoms with Crippen molar-refractivity contribution in [3.63, 3.8) is 0 Å². The van der Waals surface area contributed by atoms with Crippen LogP contribution in [0.25, 0.3) is 0 Å². The predicted molar refractivity (Wildman–Crippen MR) is 105 cm³/mol. The van der Waals surface area contributed by atoms with Gasteiger partial charge in [-0.25, -0.2) is 4.99 Å². The largest absolute Gasteiger partial charge is 0.368 e. The lowest BCUT2D eigenvalue weighted by Gasteiger charge is -2.38. The number of hydrogen-bond donors (Lipinski definition) is 1. The van der Waals surface area contributed by atoms with E-state index in [1.807, 2.05) is 36.4 Å². The van der Waals surface area contributed by atoms with E-state index in [1.54, 1.807) is 12.1 Å². The standard InChI is InChI=1S/C21H22N4O2/c26-19-15-18(20(27)16-7-3-1-4-8-16)22-21(23-19)25-13-11-24(12-14-25)17-9-5-2-6-10-17/h1-10,18H,11-15H2,(H,22,23,26)/t18-/m1/s1.